The van der Waals surface area contributed by atoms with Crippen LogP contribution in [0.15, 0.2) is 71.5 Å². The number of halogens is 1. The van der Waals surface area contributed by atoms with Crippen LogP contribution in [0.3, 0.4) is 0 Å². The van der Waals surface area contributed by atoms with Crippen molar-refractivity contribution in [3.05, 3.63) is 88.2 Å². The number of esters is 1. The fourth-order valence-corrected chi connectivity index (χ4v) is 2.40. The van der Waals surface area contributed by atoms with Gasteiger partial charge in [0.2, 0.25) is 0 Å². The quantitative estimate of drug-likeness (QED) is 0.636. The lowest BCUT2D eigenvalue weighted by Gasteiger charge is -2.06. The Bertz CT molecular complexity index is 766. The second kappa shape index (κ2) is 7.24. The van der Waals surface area contributed by atoms with Gasteiger partial charge in [0, 0.05) is 16.9 Å². The number of hydrogen-bond donors (Lipinski definition) is 0. The summed E-state index contributed by atoms with van der Waals surface area (Å²) in [5.74, 6) is -0.321. The number of nitrogens with zero attached hydrogens (tertiary/aromatic N) is 2. The van der Waals surface area contributed by atoms with Gasteiger partial charge in [-0.05, 0) is 41.5 Å². The van der Waals surface area contributed by atoms with Crippen molar-refractivity contribution in [1.29, 1.82) is 0 Å². The first-order valence-electron chi connectivity index (χ1n) is 7.19. The highest BCUT2D eigenvalue weighted by atomic mass is 79.9. The van der Waals surface area contributed by atoms with Gasteiger partial charge in [0.15, 0.2) is 0 Å². The van der Waals surface area contributed by atoms with Gasteiger partial charge in [-0.1, -0.05) is 40.2 Å². The zero-order valence-corrected chi connectivity index (χ0v) is 13.9. The van der Waals surface area contributed by atoms with Crippen LogP contribution in [0.2, 0.25) is 0 Å². The molecule has 3 rings (SSSR count). The van der Waals surface area contributed by atoms with Crippen LogP contribution in [-0.2, 0) is 17.9 Å². The summed E-state index contributed by atoms with van der Waals surface area (Å²) >= 11 is 3.38. The predicted molar refractivity (Wildman–Crippen MR) is 91.0 cm³/mol. The predicted octanol–water partition coefficient (Wildman–Crippen LogP) is 4.05. The number of benzene rings is 2. The maximum atomic E-state index is 12.1. The van der Waals surface area contributed by atoms with Crippen molar-refractivity contribution in [2.24, 2.45) is 0 Å². The maximum absolute atomic E-state index is 12.1. The molecule has 0 aliphatic heterocycles. The van der Waals surface area contributed by atoms with Crippen molar-refractivity contribution in [3.8, 4) is 0 Å². The molecule has 0 aliphatic carbocycles. The summed E-state index contributed by atoms with van der Waals surface area (Å²) in [6, 6.07) is 17.0. The molecule has 0 fully saturated rings. The van der Waals surface area contributed by atoms with Gasteiger partial charge in [0.05, 0.1) is 12.1 Å². The molecule has 0 N–H and O–H groups in total. The molecular weight excluding hydrogens is 356 g/mol. The van der Waals surface area contributed by atoms with Gasteiger partial charge in [-0.3, -0.25) is 4.68 Å². The number of hydrogen-bond acceptors (Lipinski definition) is 3. The van der Waals surface area contributed by atoms with Gasteiger partial charge in [-0.25, -0.2) is 4.79 Å². The molecular formula is C18H15BrN2O2. The van der Waals surface area contributed by atoms with Gasteiger partial charge in [0.25, 0.3) is 0 Å². The van der Waals surface area contributed by atoms with E-state index in [-0.39, 0.29) is 12.6 Å². The molecule has 0 saturated carbocycles. The molecule has 1 heterocycles. The highest BCUT2D eigenvalue weighted by molar-refractivity contribution is 9.10. The van der Waals surface area contributed by atoms with E-state index in [1.807, 2.05) is 53.3 Å². The molecule has 116 valence electrons. The molecule has 4 nitrogen and oxygen atoms in total. The molecule has 0 unspecified atom stereocenters. The average molecular weight is 371 g/mol. The third kappa shape index (κ3) is 4.29. The lowest BCUT2D eigenvalue weighted by atomic mass is 10.1. The van der Waals surface area contributed by atoms with Crippen LogP contribution < -0.4 is 0 Å². The minimum atomic E-state index is -0.321. The summed E-state index contributed by atoms with van der Waals surface area (Å²) < 4.78 is 8.16. The fourth-order valence-electron chi connectivity index (χ4n) is 2.14. The molecule has 0 spiro atoms. The Morgan fingerprint density at radius 1 is 1.04 bits per heavy atom. The molecule has 0 aliphatic rings. The topological polar surface area (TPSA) is 44.1 Å². The second-order valence-corrected chi connectivity index (χ2v) is 6.02. The molecule has 3 aromatic rings. The Morgan fingerprint density at radius 2 is 1.74 bits per heavy atom. The zero-order valence-electron chi connectivity index (χ0n) is 12.4. The number of carbonyl (C=O) groups excluding carboxylic acids is 1. The largest absolute Gasteiger partial charge is 0.457 e. The van der Waals surface area contributed by atoms with Gasteiger partial charge in [-0.2, -0.15) is 5.10 Å². The van der Waals surface area contributed by atoms with Crippen molar-refractivity contribution in [1.82, 2.24) is 9.78 Å². The Morgan fingerprint density at radius 3 is 2.39 bits per heavy atom. The fraction of sp³-hybridized carbons (Fsp3) is 0.111. The zero-order chi connectivity index (χ0) is 16.1. The van der Waals surface area contributed by atoms with Crippen molar-refractivity contribution >= 4 is 21.9 Å². The van der Waals surface area contributed by atoms with Gasteiger partial charge < -0.3 is 4.74 Å². The third-order valence-corrected chi connectivity index (χ3v) is 3.91. The molecule has 0 atom stereocenters. The summed E-state index contributed by atoms with van der Waals surface area (Å²) in [5.41, 5.74) is 2.58. The van der Waals surface area contributed by atoms with Crippen LogP contribution in [-0.4, -0.2) is 15.7 Å². The molecule has 2 aromatic carbocycles. The van der Waals surface area contributed by atoms with E-state index in [2.05, 4.69) is 21.0 Å². The van der Waals surface area contributed by atoms with Crippen LogP contribution in [0, 0.1) is 0 Å². The van der Waals surface area contributed by atoms with Gasteiger partial charge >= 0.3 is 5.97 Å². The number of ether oxygens (including phenoxy) is 1. The highest BCUT2D eigenvalue weighted by Gasteiger charge is 2.07. The van der Waals surface area contributed by atoms with E-state index >= 15 is 0 Å². The maximum Gasteiger partial charge on any atom is 0.338 e. The van der Waals surface area contributed by atoms with E-state index in [0.717, 1.165) is 15.6 Å². The molecule has 0 bridgehead atoms. The van der Waals surface area contributed by atoms with E-state index in [1.54, 1.807) is 18.3 Å². The lowest BCUT2D eigenvalue weighted by molar-refractivity contribution is 0.0472. The Hall–Kier alpha value is -2.40. The molecule has 5 heteroatoms. The van der Waals surface area contributed by atoms with Gasteiger partial charge in [0.1, 0.15) is 6.61 Å². The summed E-state index contributed by atoms with van der Waals surface area (Å²) in [5, 5.41) is 4.16. The normalized spacial score (nSPS) is 10.5. The number of rotatable bonds is 5. The van der Waals surface area contributed by atoms with Crippen molar-refractivity contribution < 1.29 is 9.53 Å². The van der Waals surface area contributed by atoms with Crippen LogP contribution in [0.1, 0.15) is 21.5 Å². The third-order valence-electron chi connectivity index (χ3n) is 3.38. The first-order valence-corrected chi connectivity index (χ1v) is 7.98. The second-order valence-electron chi connectivity index (χ2n) is 5.10. The average Bonchev–Trinajstić information content (AvgIpc) is 3.08. The molecule has 23 heavy (non-hydrogen) atoms. The van der Waals surface area contributed by atoms with E-state index in [1.165, 1.54) is 0 Å². The van der Waals surface area contributed by atoms with Crippen LogP contribution >= 0.6 is 15.9 Å². The number of carbonyl (C=O) groups is 1. The first-order chi connectivity index (χ1) is 11.2. The van der Waals surface area contributed by atoms with Crippen molar-refractivity contribution in [3.63, 3.8) is 0 Å². The smallest absolute Gasteiger partial charge is 0.338 e. The van der Waals surface area contributed by atoms with E-state index in [4.69, 9.17) is 4.74 Å². The summed E-state index contributed by atoms with van der Waals surface area (Å²) in [6.07, 6.45) is 3.65. The molecule has 0 saturated heterocycles. The van der Waals surface area contributed by atoms with Crippen LogP contribution in [0.4, 0.5) is 0 Å². The minimum absolute atomic E-state index is 0.265. The van der Waals surface area contributed by atoms with E-state index in [9.17, 15) is 4.79 Å². The molecule has 0 radical (unpaired) electrons. The van der Waals surface area contributed by atoms with Gasteiger partial charge in [-0.15, -0.1) is 0 Å². The summed E-state index contributed by atoms with van der Waals surface area (Å²) in [4.78, 5) is 12.1. The molecule has 1 aromatic heterocycles. The molecule has 0 amide bonds. The lowest BCUT2D eigenvalue weighted by Crippen LogP contribution is -2.06. The van der Waals surface area contributed by atoms with Crippen molar-refractivity contribution in [2.75, 3.05) is 0 Å². The number of aromatic nitrogens is 2. The Balaban J connectivity index is 1.58. The Kier molecular flexibility index (Phi) is 4.88. The van der Waals surface area contributed by atoms with E-state index < -0.39 is 0 Å². The summed E-state index contributed by atoms with van der Waals surface area (Å²) in [6.45, 7) is 0.947. The summed E-state index contributed by atoms with van der Waals surface area (Å²) in [7, 11) is 0. The highest BCUT2D eigenvalue weighted by Crippen LogP contribution is 2.13. The standard InChI is InChI=1S/C18H15BrN2O2/c19-17-8-4-15(5-9-17)13-23-18(22)16-6-2-14(3-7-16)12-21-11-1-10-20-21/h1-11H,12-13H2. The minimum Gasteiger partial charge on any atom is -0.457 e. The SMILES string of the molecule is O=C(OCc1ccc(Br)cc1)c1ccc(Cn2cccn2)cc1. The van der Waals surface area contributed by atoms with Crippen molar-refractivity contribution in [2.45, 2.75) is 13.2 Å². The Labute approximate surface area is 142 Å². The van der Waals surface area contributed by atoms with Crippen LogP contribution in [0.5, 0.6) is 0 Å². The monoisotopic (exact) mass is 370 g/mol. The van der Waals surface area contributed by atoms with Crippen LogP contribution in [0.25, 0.3) is 0 Å². The first kappa shape index (κ1) is 15.5. The van der Waals surface area contributed by atoms with E-state index in [0.29, 0.717) is 12.1 Å².